The van der Waals surface area contributed by atoms with E-state index in [1.165, 1.54) is 16.7 Å². The highest BCUT2D eigenvalue weighted by Crippen LogP contribution is 2.39. The van der Waals surface area contributed by atoms with E-state index in [0.717, 1.165) is 11.1 Å². The molecule has 0 bridgehead atoms. The maximum Gasteiger partial charge on any atom is 0.248 e. The minimum Gasteiger partial charge on any atom is -0.543 e. The molecule has 0 spiro atoms. The Balaban J connectivity index is 1.71. The minimum atomic E-state index is -1.36. The number of aromatic nitrogens is 2. The second-order valence-corrected chi connectivity index (χ2v) is 7.17. The maximum absolute atomic E-state index is 12.0. The first kappa shape index (κ1) is 16.1. The van der Waals surface area contributed by atoms with Crippen molar-refractivity contribution >= 4 is 29.2 Å². The topological polar surface area (TPSA) is 115 Å². The number of carboxylic acids is 1. The first-order valence-electron chi connectivity index (χ1n) is 7.74. The minimum absolute atomic E-state index is 0.0689. The molecule has 0 aromatic carbocycles. The van der Waals surface area contributed by atoms with Gasteiger partial charge in [-0.1, -0.05) is 0 Å². The molecule has 1 fully saturated rings. The summed E-state index contributed by atoms with van der Waals surface area (Å²) in [6, 6.07) is 1.17. The van der Waals surface area contributed by atoms with Gasteiger partial charge in [0.25, 0.3) is 0 Å². The predicted molar refractivity (Wildman–Crippen MR) is 86.6 cm³/mol. The van der Waals surface area contributed by atoms with Crippen LogP contribution in [0.5, 0.6) is 0 Å². The number of hydrogen-bond donors (Lipinski definition) is 2. The number of hydrogen-bond acceptors (Lipinski definition) is 6. The molecule has 4 rings (SSSR count). The molecule has 1 amide bonds. The third-order valence-electron chi connectivity index (χ3n) is 4.58. The van der Waals surface area contributed by atoms with Gasteiger partial charge in [-0.05, 0) is 6.07 Å². The Morgan fingerprint density at radius 3 is 3.00 bits per heavy atom. The molecule has 2 aliphatic rings. The van der Waals surface area contributed by atoms with Crippen molar-refractivity contribution < 1.29 is 24.4 Å². The quantitative estimate of drug-likeness (QED) is 0.480. The molecular formula is C16H16N4O4S. The molecule has 1 saturated heterocycles. The van der Waals surface area contributed by atoms with Crippen molar-refractivity contribution in [1.82, 2.24) is 9.30 Å². The number of amides is 1. The maximum atomic E-state index is 12.0. The molecule has 2 aromatic rings. The molecule has 3 N–H and O–H groups in total. The second-order valence-electron chi connectivity index (χ2n) is 6.07. The normalized spacial score (nSPS) is 23.0. The molecule has 0 saturated carbocycles. The number of aliphatic hydroxyl groups is 1. The highest BCUT2D eigenvalue weighted by Gasteiger charge is 2.50. The number of β-lactam (4-membered cyclic amide) rings is 1. The van der Waals surface area contributed by atoms with E-state index in [1.54, 1.807) is 0 Å². The van der Waals surface area contributed by atoms with Crippen LogP contribution in [0, 0.1) is 0 Å². The fourth-order valence-corrected chi connectivity index (χ4v) is 4.56. The van der Waals surface area contributed by atoms with Gasteiger partial charge in [0.2, 0.25) is 5.91 Å². The van der Waals surface area contributed by atoms with Crippen molar-refractivity contribution in [2.45, 2.75) is 24.6 Å². The van der Waals surface area contributed by atoms with Crippen molar-refractivity contribution in [2.75, 3.05) is 5.75 Å². The zero-order valence-electron chi connectivity index (χ0n) is 13.2. The molecule has 2 atom stereocenters. The summed E-state index contributed by atoms with van der Waals surface area (Å²) in [5, 5.41) is 20.7. The van der Waals surface area contributed by atoms with Gasteiger partial charge in [0.15, 0.2) is 18.9 Å². The number of rotatable bonds is 4. The summed E-state index contributed by atoms with van der Waals surface area (Å²) < 4.78 is 3.71. The molecule has 8 nitrogen and oxygen atoms in total. The van der Waals surface area contributed by atoms with Crippen LogP contribution >= 0.6 is 11.8 Å². The summed E-state index contributed by atoms with van der Waals surface area (Å²) in [7, 11) is 0. The lowest BCUT2D eigenvalue weighted by Gasteiger charge is -2.49. The monoisotopic (exact) mass is 360 g/mol. The van der Waals surface area contributed by atoms with E-state index in [1.807, 2.05) is 39.8 Å². The number of carbonyl (C=O) groups is 2. The third kappa shape index (κ3) is 2.43. The summed E-state index contributed by atoms with van der Waals surface area (Å²) in [5.74, 6) is -1.28. The van der Waals surface area contributed by atoms with Gasteiger partial charge in [0.05, 0.1) is 24.5 Å². The van der Waals surface area contributed by atoms with Crippen molar-refractivity contribution in [3.63, 3.8) is 0 Å². The Kier molecular flexibility index (Phi) is 3.78. The van der Waals surface area contributed by atoms with Gasteiger partial charge in [0, 0.05) is 23.1 Å². The summed E-state index contributed by atoms with van der Waals surface area (Å²) in [6.45, 7) is 0.236. The van der Waals surface area contributed by atoms with E-state index >= 15 is 0 Å². The van der Waals surface area contributed by atoms with Gasteiger partial charge in [0.1, 0.15) is 16.9 Å². The molecule has 2 aromatic heterocycles. The van der Waals surface area contributed by atoms with Crippen LogP contribution in [0.2, 0.25) is 0 Å². The molecule has 0 aliphatic carbocycles. The number of carboxylic acid groups (broad SMARTS) is 1. The number of aliphatic carboxylic acids is 1. The smallest absolute Gasteiger partial charge is 0.248 e. The molecule has 2 aliphatic heterocycles. The van der Waals surface area contributed by atoms with Crippen LogP contribution in [0.1, 0.15) is 5.56 Å². The number of nitrogens with two attached hydrogens (primary N) is 1. The first-order valence-corrected chi connectivity index (χ1v) is 8.79. The lowest BCUT2D eigenvalue weighted by Crippen LogP contribution is -2.69. The van der Waals surface area contributed by atoms with Crippen LogP contribution in [-0.2, 0) is 22.7 Å². The van der Waals surface area contributed by atoms with Gasteiger partial charge >= 0.3 is 0 Å². The summed E-state index contributed by atoms with van der Waals surface area (Å²) >= 11 is 1.46. The fourth-order valence-electron chi connectivity index (χ4n) is 3.28. The molecule has 4 heterocycles. The zero-order chi connectivity index (χ0) is 17.7. The van der Waals surface area contributed by atoms with Crippen LogP contribution in [0.3, 0.4) is 0 Å². The average Bonchev–Trinajstić information content (AvgIpc) is 3.02. The number of nitrogens with zero attached hydrogens (tertiary/aromatic N) is 3. The molecule has 130 valence electrons. The largest absolute Gasteiger partial charge is 0.543 e. The zero-order valence-corrected chi connectivity index (χ0v) is 14.0. The van der Waals surface area contributed by atoms with E-state index in [9.17, 15) is 19.8 Å². The van der Waals surface area contributed by atoms with Crippen molar-refractivity contribution in [3.8, 4) is 0 Å². The van der Waals surface area contributed by atoms with Crippen molar-refractivity contribution in [1.29, 1.82) is 0 Å². The summed E-state index contributed by atoms with van der Waals surface area (Å²) in [5.41, 5.74) is 7.90. The molecule has 9 heteroatoms. The van der Waals surface area contributed by atoms with Crippen molar-refractivity contribution in [3.05, 3.63) is 47.7 Å². The van der Waals surface area contributed by atoms with Gasteiger partial charge in [-0.2, -0.15) is 4.57 Å². The van der Waals surface area contributed by atoms with Crippen LogP contribution in [0.25, 0.3) is 5.52 Å². The molecule has 25 heavy (non-hydrogen) atoms. The molecular weight excluding hydrogens is 344 g/mol. The Bertz CT molecular complexity index is 922. The second kappa shape index (κ2) is 5.87. The standard InChI is InChI=1S/C16H16N4O4S/c17-12-14(22)20-13(16(23)24)10(8-25-15(12)20)5-18-3-4-19-2-1-9(7-21)11(19)6-18/h1-4,6,12,15,21H,5,7-8,17H2/t12?,15-/m1/s1. The van der Waals surface area contributed by atoms with Crippen LogP contribution in [0.15, 0.2) is 42.1 Å². The van der Waals surface area contributed by atoms with Crippen LogP contribution < -0.4 is 15.4 Å². The van der Waals surface area contributed by atoms with Gasteiger partial charge in [-0.15, -0.1) is 11.8 Å². The van der Waals surface area contributed by atoms with E-state index in [4.69, 9.17) is 5.73 Å². The highest BCUT2D eigenvalue weighted by molar-refractivity contribution is 8.00. The average molecular weight is 360 g/mol. The number of fused-ring (bicyclic) bond motifs is 2. The number of aliphatic hydroxyl groups excluding tert-OH is 1. The van der Waals surface area contributed by atoms with Gasteiger partial charge in [-0.25, -0.2) is 0 Å². The van der Waals surface area contributed by atoms with Crippen LogP contribution in [-0.4, -0.2) is 43.5 Å². The Morgan fingerprint density at radius 1 is 1.48 bits per heavy atom. The van der Waals surface area contributed by atoms with Gasteiger partial charge < -0.3 is 25.1 Å². The Morgan fingerprint density at radius 2 is 2.28 bits per heavy atom. The summed E-state index contributed by atoms with van der Waals surface area (Å²) in [4.78, 5) is 24.8. The predicted octanol–water partition coefficient (Wildman–Crippen LogP) is -2.03. The highest BCUT2D eigenvalue weighted by atomic mass is 32.2. The van der Waals surface area contributed by atoms with E-state index in [0.29, 0.717) is 17.9 Å². The summed E-state index contributed by atoms with van der Waals surface area (Å²) in [6.07, 6.45) is 7.33. The lowest BCUT2D eigenvalue weighted by molar-refractivity contribution is -0.688. The van der Waals surface area contributed by atoms with Gasteiger partial charge in [-0.3, -0.25) is 9.69 Å². The Hall–Kier alpha value is -2.36. The van der Waals surface area contributed by atoms with Crippen LogP contribution in [0.4, 0.5) is 0 Å². The first-order chi connectivity index (χ1) is 12.0. The third-order valence-corrected chi connectivity index (χ3v) is 5.94. The van der Waals surface area contributed by atoms with E-state index in [2.05, 4.69) is 0 Å². The number of thioether (sulfide) groups is 1. The molecule has 1 unspecified atom stereocenters. The fraction of sp³-hybridized carbons (Fsp3) is 0.312. The van der Waals surface area contributed by atoms with Crippen molar-refractivity contribution in [2.24, 2.45) is 5.73 Å². The molecule has 0 radical (unpaired) electrons. The Labute approximate surface area is 147 Å². The SMILES string of the molecule is NC1C(=O)N2C(C(=O)[O-])=C(C[n+]3ccn4ccc(CO)c4c3)CS[C@H]12. The van der Waals surface area contributed by atoms with E-state index in [-0.39, 0.29) is 23.6 Å². The lowest BCUT2D eigenvalue weighted by atomic mass is 10.0. The number of carbonyl (C=O) groups excluding carboxylic acids is 2. The van der Waals surface area contributed by atoms with E-state index < -0.39 is 12.0 Å².